The fourth-order valence-electron chi connectivity index (χ4n) is 2.53. The van der Waals surface area contributed by atoms with E-state index in [0.29, 0.717) is 33.7 Å². The first-order valence-corrected chi connectivity index (χ1v) is 7.12. The first-order valence-electron chi connectivity index (χ1n) is 7.12. The average molecular weight is 307 g/mol. The SMILES string of the molecule is Fc1cccc(-c2nc3ccc(-c4ccccc4F)cc3o2)c1. The molecule has 4 aromatic rings. The van der Waals surface area contributed by atoms with Crippen LogP contribution in [0.2, 0.25) is 0 Å². The van der Waals surface area contributed by atoms with Crippen molar-refractivity contribution in [2.24, 2.45) is 0 Å². The van der Waals surface area contributed by atoms with Gasteiger partial charge in [0, 0.05) is 11.1 Å². The van der Waals surface area contributed by atoms with E-state index in [4.69, 9.17) is 4.42 Å². The van der Waals surface area contributed by atoms with Crippen LogP contribution in [0.5, 0.6) is 0 Å². The van der Waals surface area contributed by atoms with Crippen LogP contribution in [0.15, 0.2) is 71.1 Å². The minimum absolute atomic E-state index is 0.295. The summed E-state index contributed by atoms with van der Waals surface area (Å²) in [4.78, 5) is 4.35. The second-order valence-electron chi connectivity index (χ2n) is 5.19. The van der Waals surface area contributed by atoms with Crippen LogP contribution in [0.4, 0.5) is 8.78 Å². The summed E-state index contributed by atoms with van der Waals surface area (Å²) in [5.41, 5.74) is 2.94. The smallest absolute Gasteiger partial charge is 0.227 e. The largest absolute Gasteiger partial charge is 0.436 e. The molecule has 0 aliphatic heterocycles. The molecule has 3 aromatic carbocycles. The molecule has 0 N–H and O–H groups in total. The van der Waals surface area contributed by atoms with Gasteiger partial charge in [-0.3, -0.25) is 0 Å². The molecule has 0 atom stereocenters. The van der Waals surface area contributed by atoms with Crippen molar-refractivity contribution in [1.82, 2.24) is 4.98 Å². The molecule has 0 aliphatic rings. The van der Waals surface area contributed by atoms with Crippen LogP contribution < -0.4 is 0 Å². The van der Waals surface area contributed by atoms with Gasteiger partial charge in [-0.15, -0.1) is 0 Å². The quantitative estimate of drug-likeness (QED) is 0.493. The number of benzene rings is 3. The molecule has 2 nitrogen and oxygen atoms in total. The molecule has 0 unspecified atom stereocenters. The lowest BCUT2D eigenvalue weighted by Crippen LogP contribution is -1.83. The minimum Gasteiger partial charge on any atom is -0.436 e. The number of hydrogen-bond acceptors (Lipinski definition) is 2. The van der Waals surface area contributed by atoms with E-state index in [2.05, 4.69) is 4.98 Å². The van der Waals surface area contributed by atoms with E-state index in [1.807, 2.05) is 0 Å². The standard InChI is InChI=1S/C19H11F2NO/c20-14-5-3-4-13(10-14)19-22-17-9-8-12(11-18(17)23-19)15-6-1-2-7-16(15)21/h1-11H. The molecule has 0 amide bonds. The first-order chi connectivity index (χ1) is 11.2. The van der Waals surface area contributed by atoms with E-state index in [-0.39, 0.29) is 11.6 Å². The number of oxazole rings is 1. The summed E-state index contributed by atoms with van der Waals surface area (Å²) in [6, 6.07) is 17.9. The molecule has 23 heavy (non-hydrogen) atoms. The predicted octanol–water partition coefficient (Wildman–Crippen LogP) is 5.44. The highest BCUT2D eigenvalue weighted by atomic mass is 19.1. The molecular formula is C19H11F2NO. The minimum atomic E-state index is -0.350. The third-order valence-corrected chi connectivity index (χ3v) is 3.64. The predicted molar refractivity (Wildman–Crippen MR) is 84.8 cm³/mol. The van der Waals surface area contributed by atoms with Crippen LogP contribution in [0.1, 0.15) is 0 Å². The molecule has 0 spiro atoms. The van der Waals surface area contributed by atoms with Gasteiger partial charge in [-0.25, -0.2) is 13.8 Å². The van der Waals surface area contributed by atoms with Crippen LogP contribution in [0.25, 0.3) is 33.7 Å². The number of rotatable bonds is 2. The molecule has 0 aliphatic carbocycles. The van der Waals surface area contributed by atoms with Gasteiger partial charge in [0.25, 0.3) is 0 Å². The lowest BCUT2D eigenvalue weighted by molar-refractivity contribution is 0.611. The Morgan fingerprint density at radius 1 is 0.783 bits per heavy atom. The summed E-state index contributed by atoms with van der Waals surface area (Å²) in [6.45, 7) is 0. The van der Waals surface area contributed by atoms with Crippen molar-refractivity contribution in [1.29, 1.82) is 0 Å². The Morgan fingerprint density at radius 3 is 2.48 bits per heavy atom. The molecule has 0 radical (unpaired) electrons. The second-order valence-corrected chi connectivity index (χ2v) is 5.19. The summed E-state index contributed by atoms with van der Waals surface area (Å²) < 4.78 is 32.9. The van der Waals surface area contributed by atoms with Gasteiger partial charge >= 0.3 is 0 Å². The van der Waals surface area contributed by atoms with Gasteiger partial charge in [-0.05, 0) is 42.0 Å². The molecule has 0 bridgehead atoms. The Morgan fingerprint density at radius 2 is 1.65 bits per heavy atom. The van der Waals surface area contributed by atoms with E-state index in [0.717, 1.165) is 0 Å². The maximum Gasteiger partial charge on any atom is 0.227 e. The highest BCUT2D eigenvalue weighted by molar-refractivity contribution is 5.82. The zero-order valence-electron chi connectivity index (χ0n) is 12.0. The van der Waals surface area contributed by atoms with Gasteiger partial charge in [0.15, 0.2) is 5.58 Å². The maximum absolute atomic E-state index is 13.9. The van der Waals surface area contributed by atoms with Crippen molar-refractivity contribution in [2.75, 3.05) is 0 Å². The zero-order valence-corrected chi connectivity index (χ0v) is 12.0. The molecule has 112 valence electrons. The molecule has 4 heteroatoms. The fraction of sp³-hybridized carbons (Fsp3) is 0. The van der Waals surface area contributed by atoms with Crippen LogP contribution in [0, 0.1) is 11.6 Å². The van der Waals surface area contributed by atoms with E-state index in [1.165, 1.54) is 18.2 Å². The Hall–Kier alpha value is -3.01. The Bertz CT molecular complexity index is 1010. The van der Waals surface area contributed by atoms with Gasteiger partial charge < -0.3 is 4.42 Å². The lowest BCUT2D eigenvalue weighted by atomic mass is 10.1. The highest BCUT2D eigenvalue weighted by Gasteiger charge is 2.11. The maximum atomic E-state index is 13.9. The molecule has 0 saturated carbocycles. The average Bonchev–Trinajstić information content (AvgIpc) is 2.98. The number of halogens is 2. The molecule has 4 rings (SSSR count). The number of nitrogens with zero attached hydrogens (tertiary/aromatic N) is 1. The normalized spacial score (nSPS) is 11.0. The van der Waals surface area contributed by atoms with Crippen molar-refractivity contribution in [3.05, 3.63) is 78.4 Å². The third kappa shape index (κ3) is 2.48. The van der Waals surface area contributed by atoms with Crippen molar-refractivity contribution in [3.63, 3.8) is 0 Å². The van der Waals surface area contributed by atoms with Crippen molar-refractivity contribution in [3.8, 4) is 22.6 Å². The summed E-state index contributed by atoms with van der Waals surface area (Å²) in [5, 5.41) is 0. The Balaban J connectivity index is 1.83. The Kier molecular flexibility index (Phi) is 3.15. The summed E-state index contributed by atoms with van der Waals surface area (Å²) in [5.74, 6) is -0.307. The molecule has 1 aromatic heterocycles. The van der Waals surface area contributed by atoms with Crippen molar-refractivity contribution in [2.45, 2.75) is 0 Å². The monoisotopic (exact) mass is 307 g/mol. The molecule has 0 fully saturated rings. The van der Waals surface area contributed by atoms with Crippen LogP contribution in [-0.2, 0) is 0 Å². The van der Waals surface area contributed by atoms with E-state index in [9.17, 15) is 8.78 Å². The number of fused-ring (bicyclic) bond motifs is 1. The number of hydrogen-bond donors (Lipinski definition) is 0. The first kappa shape index (κ1) is 13.6. The zero-order chi connectivity index (χ0) is 15.8. The van der Waals surface area contributed by atoms with Gasteiger partial charge in [0.2, 0.25) is 5.89 Å². The fourth-order valence-corrected chi connectivity index (χ4v) is 2.53. The summed E-state index contributed by atoms with van der Waals surface area (Å²) >= 11 is 0. The number of aromatic nitrogens is 1. The van der Waals surface area contributed by atoms with Crippen LogP contribution in [0.3, 0.4) is 0 Å². The Labute approximate surface area is 131 Å². The van der Waals surface area contributed by atoms with Crippen molar-refractivity contribution >= 4 is 11.1 Å². The van der Waals surface area contributed by atoms with Gasteiger partial charge in [0.05, 0.1) is 0 Å². The van der Waals surface area contributed by atoms with Crippen LogP contribution >= 0.6 is 0 Å². The van der Waals surface area contributed by atoms with Gasteiger partial charge in [-0.2, -0.15) is 0 Å². The van der Waals surface area contributed by atoms with E-state index >= 15 is 0 Å². The van der Waals surface area contributed by atoms with Crippen molar-refractivity contribution < 1.29 is 13.2 Å². The topological polar surface area (TPSA) is 26.0 Å². The van der Waals surface area contributed by atoms with E-state index in [1.54, 1.807) is 48.5 Å². The third-order valence-electron chi connectivity index (χ3n) is 3.64. The molecule has 0 saturated heterocycles. The molecule has 1 heterocycles. The summed E-state index contributed by atoms with van der Waals surface area (Å²) in [6.07, 6.45) is 0. The highest BCUT2D eigenvalue weighted by Crippen LogP contribution is 2.29. The van der Waals surface area contributed by atoms with E-state index < -0.39 is 0 Å². The second kappa shape index (κ2) is 5.32. The lowest BCUT2D eigenvalue weighted by Gasteiger charge is -2.02. The summed E-state index contributed by atoms with van der Waals surface area (Å²) in [7, 11) is 0. The molecular weight excluding hydrogens is 296 g/mol. The van der Waals surface area contributed by atoms with Gasteiger partial charge in [-0.1, -0.05) is 30.3 Å². The van der Waals surface area contributed by atoms with Crippen LogP contribution in [-0.4, -0.2) is 4.98 Å². The van der Waals surface area contributed by atoms with Gasteiger partial charge in [0.1, 0.15) is 17.2 Å².